The van der Waals surface area contributed by atoms with Crippen molar-refractivity contribution in [2.75, 3.05) is 11.1 Å². The predicted molar refractivity (Wildman–Crippen MR) is 141 cm³/mol. The molecule has 184 valence electrons. The molecule has 3 N–H and O–H groups in total. The average Bonchev–Trinajstić information content (AvgIpc) is 3.29. The van der Waals surface area contributed by atoms with Gasteiger partial charge in [0.1, 0.15) is 36.0 Å². The number of halogens is 2. The van der Waals surface area contributed by atoms with E-state index in [1.807, 2.05) is 6.07 Å². The average molecular weight is 515 g/mol. The van der Waals surface area contributed by atoms with E-state index in [9.17, 15) is 9.18 Å². The van der Waals surface area contributed by atoms with Crippen LogP contribution in [0.2, 0.25) is 5.02 Å². The third-order valence-corrected chi connectivity index (χ3v) is 5.82. The second kappa shape index (κ2) is 10.1. The summed E-state index contributed by atoms with van der Waals surface area (Å²) in [6.45, 7) is 3.63. The Morgan fingerprint density at radius 1 is 1.14 bits per heavy atom. The van der Waals surface area contributed by atoms with Crippen molar-refractivity contribution in [1.29, 1.82) is 0 Å². The monoisotopic (exact) mass is 514 g/mol. The Hall–Kier alpha value is -4.76. The van der Waals surface area contributed by atoms with E-state index in [4.69, 9.17) is 27.2 Å². The van der Waals surface area contributed by atoms with E-state index in [1.54, 1.807) is 53.2 Å². The van der Waals surface area contributed by atoms with E-state index in [1.165, 1.54) is 24.5 Å². The topological polar surface area (TPSA) is 108 Å². The van der Waals surface area contributed by atoms with Crippen LogP contribution in [-0.4, -0.2) is 25.7 Å². The van der Waals surface area contributed by atoms with E-state index >= 15 is 0 Å². The van der Waals surface area contributed by atoms with E-state index in [-0.39, 0.29) is 24.1 Å². The molecule has 2 heterocycles. The fraction of sp³-hybridized carbons (Fsp3) is 0.0370. The first kappa shape index (κ1) is 24.0. The van der Waals surface area contributed by atoms with Crippen molar-refractivity contribution < 1.29 is 13.9 Å². The second-order valence-electron chi connectivity index (χ2n) is 8.03. The summed E-state index contributed by atoms with van der Waals surface area (Å²) in [5.74, 6) is 0.0285. The highest BCUT2D eigenvalue weighted by molar-refractivity contribution is 6.32. The first-order valence-electron chi connectivity index (χ1n) is 11.1. The van der Waals surface area contributed by atoms with Crippen molar-refractivity contribution >= 4 is 40.0 Å². The molecule has 0 saturated heterocycles. The maximum Gasteiger partial charge on any atom is 0.247 e. The van der Waals surface area contributed by atoms with Crippen LogP contribution >= 0.6 is 11.6 Å². The van der Waals surface area contributed by atoms with Gasteiger partial charge in [-0.1, -0.05) is 36.4 Å². The molecule has 10 heteroatoms. The summed E-state index contributed by atoms with van der Waals surface area (Å²) in [7, 11) is 0. The summed E-state index contributed by atoms with van der Waals surface area (Å²) in [6, 6.07) is 18.5. The molecule has 2 aromatic heterocycles. The Morgan fingerprint density at radius 2 is 1.97 bits per heavy atom. The van der Waals surface area contributed by atoms with Crippen LogP contribution in [0.5, 0.6) is 5.75 Å². The Balaban J connectivity index is 1.51. The normalized spacial score (nSPS) is 10.9. The van der Waals surface area contributed by atoms with Gasteiger partial charge in [-0.05, 0) is 60.2 Å². The maximum absolute atomic E-state index is 13.5. The van der Waals surface area contributed by atoms with Gasteiger partial charge in [0.2, 0.25) is 5.91 Å². The van der Waals surface area contributed by atoms with Crippen LogP contribution in [0.1, 0.15) is 5.56 Å². The van der Waals surface area contributed by atoms with Crippen LogP contribution in [0.25, 0.3) is 28.0 Å². The first-order chi connectivity index (χ1) is 17.9. The highest BCUT2D eigenvalue weighted by Crippen LogP contribution is 2.36. The van der Waals surface area contributed by atoms with Crippen LogP contribution in [-0.2, 0) is 11.4 Å². The molecule has 0 aliphatic rings. The van der Waals surface area contributed by atoms with E-state index in [0.29, 0.717) is 50.0 Å². The van der Waals surface area contributed by atoms with E-state index in [2.05, 4.69) is 21.9 Å². The molecule has 0 atom stereocenters. The number of aromatic nitrogens is 4. The number of carbonyl (C=O) groups excluding carboxylic acids is 1. The number of amides is 1. The molecule has 5 aromatic rings. The van der Waals surface area contributed by atoms with Crippen molar-refractivity contribution in [1.82, 2.24) is 19.7 Å². The van der Waals surface area contributed by atoms with Gasteiger partial charge >= 0.3 is 0 Å². The lowest BCUT2D eigenvalue weighted by molar-refractivity contribution is -0.111. The number of fused-ring (bicyclic) bond motifs is 1. The minimum Gasteiger partial charge on any atom is -0.487 e. The van der Waals surface area contributed by atoms with E-state index in [0.717, 1.165) is 0 Å². The number of nitrogens with one attached hydrogen (secondary N) is 1. The molecule has 37 heavy (non-hydrogen) atoms. The van der Waals surface area contributed by atoms with Gasteiger partial charge in [0, 0.05) is 11.3 Å². The number of rotatable bonds is 7. The Labute approximate surface area is 216 Å². The van der Waals surface area contributed by atoms with Crippen LogP contribution < -0.4 is 15.8 Å². The van der Waals surface area contributed by atoms with Crippen molar-refractivity contribution in [2.45, 2.75) is 6.61 Å². The Morgan fingerprint density at radius 3 is 2.76 bits per heavy atom. The number of nitrogen functional groups attached to an aromatic ring is 1. The van der Waals surface area contributed by atoms with Crippen molar-refractivity contribution in [3.8, 4) is 22.7 Å². The zero-order valence-electron chi connectivity index (χ0n) is 19.4. The molecule has 0 radical (unpaired) electrons. The first-order valence-corrected chi connectivity index (χ1v) is 11.5. The van der Waals surface area contributed by atoms with E-state index < -0.39 is 0 Å². The van der Waals surface area contributed by atoms with Crippen LogP contribution in [0.15, 0.2) is 85.7 Å². The van der Waals surface area contributed by atoms with Crippen molar-refractivity contribution in [2.24, 2.45) is 0 Å². The fourth-order valence-corrected chi connectivity index (χ4v) is 4.05. The number of carbonyl (C=O) groups is 1. The minimum absolute atomic E-state index is 0.161. The number of hydrogen-bond donors (Lipinski definition) is 2. The molecule has 3 aromatic carbocycles. The van der Waals surface area contributed by atoms with Gasteiger partial charge in [-0.3, -0.25) is 4.79 Å². The number of ether oxygens (including phenoxy) is 1. The van der Waals surface area contributed by atoms with Gasteiger partial charge in [-0.25, -0.2) is 19.0 Å². The Bertz CT molecular complexity index is 1650. The molecule has 0 saturated carbocycles. The lowest BCUT2D eigenvalue weighted by Crippen LogP contribution is -2.08. The highest BCUT2D eigenvalue weighted by atomic mass is 35.5. The molecular formula is C27H20ClFN6O2. The summed E-state index contributed by atoms with van der Waals surface area (Å²) in [5, 5.41) is 8.39. The smallest absolute Gasteiger partial charge is 0.247 e. The molecule has 0 bridgehead atoms. The predicted octanol–water partition coefficient (Wildman–Crippen LogP) is 5.56. The standard InChI is InChI=1S/C27H20ClFN6O2/c1-2-23(36)33-19-7-4-8-20(13-19)35-27-24(26(30)31-15-32-27)25(34-35)17-9-10-22(21(28)12-17)37-14-16-5-3-6-18(29)11-16/h2-13,15H,1,14H2,(H,33,36)(H2,30,31,32). The summed E-state index contributed by atoms with van der Waals surface area (Å²) in [4.78, 5) is 20.3. The molecule has 8 nitrogen and oxygen atoms in total. The summed E-state index contributed by atoms with van der Waals surface area (Å²) in [6.07, 6.45) is 2.55. The summed E-state index contributed by atoms with van der Waals surface area (Å²) < 4.78 is 20.9. The summed E-state index contributed by atoms with van der Waals surface area (Å²) >= 11 is 6.53. The lowest BCUT2D eigenvalue weighted by Gasteiger charge is -2.09. The van der Waals surface area contributed by atoms with Crippen molar-refractivity contribution in [3.63, 3.8) is 0 Å². The summed E-state index contributed by atoms with van der Waals surface area (Å²) in [5.41, 5.74) is 9.81. The number of nitrogens with zero attached hydrogens (tertiary/aromatic N) is 4. The van der Waals surface area contributed by atoms with Gasteiger partial charge in [0.15, 0.2) is 5.65 Å². The second-order valence-corrected chi connectivity index (χ2v) is 8.43. The van der Waals surface area contributed by atoms with Crippen LogP contribution in [0, 0.1) is 5.82 Å². The largest absolute Gasteiger partial charge is 0.487 e. The molecule has 5 rings (SSSR count). The third kappa shape index (κ3) is 4.98. The zero-order chi connectivity index (χ0) is 25.9. The lowest BCUT2D eigenvalue weighted by atomic mass is 10.1. The van der Waals surface area contributed by atoms with Crippen molar-refractivity contribution in [3.05, 3.63) is 102 Å². The van der Waals surface area contributed by atoms with Gasteiger partial charge in [0.25, 0.3) is 0 Å². The fourth-order valence-electron chi connectivity index (χ4n) is 3.82. The Kier molecular flexibility index (Phi) is 6.53. The molecule has 0 aliphatic heterocycles. The number of anilines is 2. The van der Waals surface area contributed by atoms with Gasteiger partial charge < -0.3 is 15.8 Å². The van der Waals surface area contributed by atoms with Gasteiger partial charge in [0.05, 0.1) is 16.1 Å². The number of benzene rings is 3. The highest BCUT2D eigenvalue weighted by Gasteiger charge is 2.19. The molecule has 0 fully saturated rings. The van der Waals surface area contributed by atoms with Crippen LogP contribution in [0.3, 0.4) is 0 Å². The van der Waals surface area contributed by atoms with Gasteiger partial charge in [-0.15, -0.1) is 0 Å². The van der Waals surface area contributed by atoms with Gasteiger partial charge in [-0.2, -0.15) is 5.10 Å². The maximum atomic E-state index is 13.5. The van der Waals surface area contributed by atoms with Crippen LogP contribution in [0.4, 0.5) is 15.9 Å². The molecular weight excluding hydrogens is 495 g/mol. The molecule has 0 unspecified atom stereocenters. The zero-order valence-corrected chi connectivity index (χ0v) is 20.1. The quantitative estimate of drug-likeness (QED) is 0.275. The third-order valence-electron chi connectivity index (χ3n) is 5.53. The minimum atomic E-state index is -0.335. The number of nitrogens with two attached hydrogens (primary N) is 1. The SMILES string of the molecule is C=CC(=O)Nc1cccc(-n2nc(-c3ccc(OCc4cccc(F)c4)c(Cl)c3)c3c(N)ncnc32)c1. The molecule has 1 amide bonds. The molecule has 0 aliphatic carbocycles. The molecule has 0 spiro atoms. The number of hydrogen-bond acceptors (Lipinski definition) is 6.